The number of hydrogen-bond acceptors (Lipinski definition) is 2. The van der Waals surface area contributed by atoms with E-state index in [2.05, 4.69) is 76.0 Å². The molecule has 0 aliphatic carbocycles. The number of likely N-dealkylation sites (N-methyl/N-ethyl adjacent to an activating group) is 1. The largest absolute Gasteiger partial charge is 0.361 e. The minimum Gasteiger partial charge on any atom is -0.361 e. The molecule has 0 spiro atoms. The van der Waals surface area contributed by atoms with E-state index < -0.39 is 0 Å². The van der Waals surface area contributed by atoms with Gasteiger partial charge in [0.15, 0.2) is 0 Å². The summed E-state index contributed by atoms with van der Waals surface area (Å²) in [7, 11) is 2.25. The highest BCUT2D eigenvalue weighted by atomic mass is 15.1. The van der Waals surface area contributed by atoms with Gasteiger partial charge in [0.2, 0.25) is 0 Å². The summed E-state index contributed by atoms with van der Waals surface area (Å²) >= 11 is 0. The van der Waals surface area contributed by atoms with E-state index in [1.807, 2.05) is 6.33 Å². The van der Waals surface area contributed by atoms with Crippen LogP contribution in [0.15, 0.2) is 48.9 Å². The van der Waals surface area contributed by atoms with E-state index in [9.17, 15) is 0 Å². The van der Waals surface area contributed by atoms with Crippen LogP contribution >= 0.6 is 0 Å². The lowest BCUT2D eigenvalue weighted by atomic mass is 10.0. The van der Waals surface area contributed by atoms with Gasteiger partial charge in [-0.15, -0.1) is 0 Å². The zero-order valence-electron chi connectivity index (χ0n) is 15.4. The van der Waals surface area contributed by atoms with Crippen LogP contribution in [-0.4, -0.2) is 39.1 Å². The number of hydrogen-bond donors (Lipinski definition) is 1. The number of para-hydroxylation sites is 1. The molecule has 26 heavy (non-hydrogen) atoms. The number of aryl methyl sites for hydroxylation is 1. The molecule has 5 rings (SSSR count). The molecule has 3 heterocycles. The highest BCUT2D eigenvalue weighted by molar-refractivity contribution is 5.87. The van der Waals surface area contributed by atoms with Gasteiger partial charge in [-0.05, 0) is 75.2 Å². The van der Waals surface area contributed by atoms with Crippen molar-refractivity contribution < 1.29 is 0 Å². The molecule has 0 saturated carbocycles. The van der Waals surface area contributed by atoms with E-state index in [0.29, 0.717) is 6.04 Å². The van der Waals surface area contributed by atoms with Crippen LogP contribution in [0.3, 0.4) is 0 Å². The third-order valence-electron chi connectivity index (χ3n) is 5.93. The van der Waals surface area contributed by atoms with Gasteiger partial charge in [0.25, 0.3) is 0 Å². The molecule has 1 saturated heterocycles. The third kappa shape index (κ3) is 2.44. The highest BCUT2D eigenvalue weighted by Crippen LogP contribution is 2.28. The predicted molar refractivity (Wildman–Crippen MR) is 107 cm³/mol. The van der Waals surface area contributed by atoms with Crippen LogP contribution in [0.25, 0.3) is 27.6 Å². The summed E-state index contributed by atoms with van der Waals surface area (Å²) in [5.41, 5.74) is 7.26. The van der Waals surface area contributed by atoms with Crippen molar-refractivity contribution in [2.24, 2.45) is 0 Å². The Morgan fingerprint density at radius 1 is 1.23 bits per heavy atom. The van der Waals surface area contributed by atoms with Crippen LogP contribution in [0.5, 0.6) is 0 Å². The van der Waals surface area contributed by atoms with E-state index in [1.165, 1.54) is 47.1 Å². The van der Waals surface area contributed by atoms with Crippen LogP contribution in [0.2, 0.25) is 0 Å². The van der Waals surface area contributed by atoms with Crippen molar-refractivity contribution in [2.45, 2.75) is 32.2 Å². The Hall–Kier alpha value is -2.59. The SMILES string of the molecule is Cc1cccc2c1ncn2-c1ccc2[nH]cc(CC3CCCN3C)c2c1. The lowest BCUT2D eigenvalue weighted by Gasteiger charge is -2.18. The maximum Gasteiger partial charge on any atom is 0.100 e. The van der Waals surface area contributed by atoms with Gasteiger partial charge < -0.3 is 9.88 Å². The van der Waals surface area contributed by atoms with E-state index in [0.717, 1.165) is 17.5 Å². The molecule has 1 N–H and O–H groups in total. The molecule has 1 atom stereocenters. The lowest BCUT2D eigenvalue weighted by Crippen LogP contribution is -2.26. The second-order valence-electron chi connectivity index (χ2n) is 7.58. The fourth-order valence-electron chi connectivity index (χ4n) is 4.37. The minimum absolute atomic E-state index is 0.661. The number of rotatable bonds is 3. The number of fused-ring (bicyclic) bond motifs is 2. The second kappa shape index (κ2) is 5.99. The first-order chi connectivity index (χ1) is 12.7. The van der Waals surface area contributed by atoms with Gasteiger partial charge in [-0.25, -0.2) is 4.98 Å². The van der Waals surface area contributed by atoms with E-state index in [1.54, 1.807) is 0 Å². The Morgan fingerprint density at radius 2 is 2.15 bits per heavy atom. The fraction of sp³-hybridized carbons (Fsp3) is 0.318. The van der Waals surface area contributed by atoms with E-state index in [-0.39, 0.29) is 0 Å². The molecule has 2 aromatic heterocycles. The second-order valence-corrected chi connectivity index (χ2v) is 7.58. The molecule has 1 fully saturated rings. The van der Waals surface area contributed by atoms with Crippen molar-refractivity contribution in [3.63, 3.8) is 0 Å². The van der Waals surface area contributed by atoms with E-state index in [4.69, 9.17) is 0 Å². The topological polar surface area (TPSA) is 36.9 Å². The maximum atomic E-state index is 4.63. The number of nitrogens with zero attached hydrogens (tertiary/aromatic N) is 3. The van der Waals surface area contributed by atoms with Crippen molar-refractivity contribution in [3.8, 4) is 5.69 Å². The number of aromatic nitrogens is 3. The van der Waals surface area contributed by atoms with Gasteiger partial charge >= 0.3 is 0 Å². The molecule has 1 unspecified atom stereocenters. The standard InChI is InChI=1S/C22H24N4/c1-15-5-3-7-21-22(15)24-14-26(21)18-8-9-20-19(12-18)16(13-23-20)11-17-6-4-10-25(17)2/h3,5,7-9,12-14,17,23H,4,6,10-11H2,1-2H3. The molecule has 4 heteroatoms. The number of benzene rings is 2. The number of aromatic amines is 1. The Balaban J connectivity index is 1.58. The summed E-state index contributed by atoms with van der Waals surface area (Å²) < 4.78 is 2.19. The van der Waals surface area contributed by atoms with Crippen molar-refractivity contribution in [2.75, 3.05) is 13.6 Å². The first-order valence-electron chi connectivity index (χ1n) is 9.44. The smallest absolute Gasteiger partial charge is 0.100 e. The average molecular weight is 344 g/mol. The monoisotopic (exact) mass is 344 g/mol. The quantitative estimate of drug-likeness (QED) is 0.596. The van der Waals surface area contributed by atoms with Crippen LogP contribution in [0.4, 0.5) is 0 Å². The summed E-state index contributed by atoms with van der Waals surface area (Å²) in [6.07, 6.45) is 7.86. The Kier molecular flexibility index (Phi) is 3.61. The van der Waals surface area contributed by atoms with Crippen molar-refractivity contribution in [1.29, 1.82) is 0 Å². The van der Waals surface area contributed by atoms with Gasteiger partial charge in [-0.3, -0.25) is 4.57 Å². The first-order valence-corrected chi connectivity index (χ1v) is 9.44. The Labute approximate surface area is 153 Å². The van der Waals surface area contributed by atoms with Crippen LogP contribution in [-0.2, 0) is 6.42 Å². The molecule has 0 radical (unpaired) electrons. The third-order valence-corrected chi connectivity index (χ3v) is 5.93. The van der Waals surface area contributed by atoms with Gasteiger partial charge in [-0.2, -0.15) is 0 Å². The average Bonchev–Trinajstić information content (AvgIpc) is 3.35. The fourth-order valence-corrected chi connectivity index (χ4v) is 4.37. The van der Waals surface area contributed by atoms with Crippen molar-refractivity contribution >= 4 is 21.9 Å². The molecule has 0 bridgehead atoms. The minimum atomic E-state index is 0.661. The van der Waals surface area contributed by atoms with Crippen LogP contribution < -0.4 is 0 Å². The first kappa shape index (κ1) is 15.6. The van der Waals surface area contributed by atoms with Gasteiger partial charge in [0.1, 0.15) is 6.33 Å². The van der Waals surface area contributed by atoms with E-state index >= 15 is 0 Å². The number of imidazole rings is 1. The van der Waals surface area contributed by atoms with Crippen LogP contribution in [0, 0.1) is 6.92 Å². The van der Waals surface area contributed by atoms with Gasteiger partial charge in [0, 0.05) is 28.8 Å². The molecule has 132 valence electrons. The predicted octanol–water partition coefficient (Wildman–Crippen LogP) is 4.45. The van der Waals surface area contributed by atoms with Crippen molar-refractivity contribution in [1.82, 2.24) is 19.4 Å². The molecule has 1 aliphatic heterocycles. The molecule has 0 amide bonds. The molecular formula is C22H24N4. The summed E-state index contributed by atoms with van der Waals surface area (Å²) in [6.45, 7) is 3.34. The molecule has 1 aliphatic rings. The molecule has 4 nitrogen and oxygen atoms in total. The zero-order chi connectivity index (χ0) is 17.7. The maximum absolute atomic E-state index is 4.63. The number of nitrogens with one attached hydrogen (secondary N) is 1. The number of likely N-dealkylation sites (tertiary alicyclic amines) is 1. The highest BCUT2D eigenvalue weighted by Gasteiger charge is 2.22. The zero-order valence-corrected chi connectivity index (χ0v) is 15.4. The number of H-pyrrole nitrogens is 1. The summed E-state index contributed by atoms with van der Waals surface area (Å²) in [5, 5.41) is 1.33. The van der Waals surface area contributed by atoms with Gasteiger partial charge in [0.05, 0.1) is 11.0 Å². The Bertz CT molecular complexity index is 1090. The Morgan fingerprint density at radius 3 is 3.00 bits per heavy atom. The normalized spacial score (nSPS) is 18.3. The van der Waals surface area contributed by atoms with Gasteiger partial charge in [-0.1, -0.05) is 12.1 Å². The summed E-state index contributed by atoms with van der Waals surface area (Å²) in [6, 6.07) is 13.7. The van der Waals surface area contributed by atoms with Crippen LogP contribution in [0.1, 0.15) is 24.0 Å². The summed E-state index contributed by atoms with van der Waals surface area (Å²) in [4.78, 5) is 10.6. The van der Waals surface area contributed by atoms with Crippen molar-refractivity contribution in [3.05, 3.63) is 60.0 Å². The molecule has 2 aromatic carbocycles. The lowest BCUT2D eigenvalue weighted by molar-refractivity contribution is 0.310. The molecular weight excluding hydrogens is 320 g/mol. The molecule has 4 aromatic rings. The summed E-state index contributed by atoms with van der Waals surface area (Å²) in [5.74, 6) is 0.